The van der Waals surface area contributed by atoms with Gasteiger partial charge in [0.15, 0.2) is 0 Å². The molecule has 1 heterocycles. The normalized spacial score (nSPS) is 23.7. The van der Waals surface area contributed by atoms with Crippen LogP contribution in [0.1, 0.15) is 6.92 Å². The first-order chi connectivity index (χ1) is 5.81. The zero-order valence-corrected chi connectivity index (χ0v) is 6.68. The van der Waals surface area contributed by atoms with Gasteiger partial charge in [-0.3, -0.25) is 9.69 Å². The molecule has 1 aliphatic heterocycles. The highest BCUT2D eigenvalue weighted by atomic mass is 19.4. The van der Waals surface area contributed by atoms with Crippen molar-refractivity contribution >= 4 is 11.9 Å². The van der Waals surface area contributed by atoms with E-state index in [1.165, 1.54) is 6.92 Å². The summed E-state index contributed by atoms with van der Waals surface area (Å²) in [5.41, 5.74) is 0. The molecule has 0 unspecified atom stereocenters. The van der Waals surface area contributed by atoms with Crippen LogP contribution in [0.2, 0.25) is 0 Å². The largest absolute Gasteiger partial charge is 0.406 e. The molecule has 13 heavy (non-hydrogen) atoms. The van der Waals surface area contributed by atoms with Crippen molar-refractivity contribution in [2.24, 2.45) is 0 Å². The van der Waals surface area contributed by atoms with Crippen LogP contribution in [0.25, 0.3) is 0 Å². The summed E-state index contributed by atoms with van der Waals surface area (Å²) < 4.78 is 35.4. The standard InChI is InChI=1S/C6H7F3N2O2/c1-3-4(12)11(5(13)10-3)2-6(7,8)9/h3H,2H2,1H3,(H,10,13)/t3-/m0/s1. The van der Waals surface area contributed by atoms with E-state index in [0.717, 1.165) is 0 Å². The lowest BCUT2D eigenvalue weighted by atomic mass is 10.3. The van der Waals surface area contributed by atoms with Gasteiger partial charge in [0.2, 0.25) is 0 Å². The summed E-state index contributed by atoms with van der Waals surface area (Å²) in [4.78, 5) is 21.9. The molecule has 1 rings (SSSR count). The Kier molecular flexibility index (Phi) is 2.19. The van der Waals surface area contributed by atoms with Gasteiger partial charge >= 0.3 is 12.2 Å². The van der Waals surface area contributed by atoms with E-state index in [2.05, 4.69) is 5.32 Å². The molecule has 0 aromatic carbocycles. The summed E-state index contributed by atoms with van der Waals surface area (Å²) in [6, 6.07) is -1.86. The molecule has 7 heteroatoms. The van der Waals surface area contributed by atoms with E-state index < -0.39 is 30.7 Å². The fourth-order valence-electron chi connectivity index (χ4n) is 0.988. The minimum atomic E-state index is -4.54. The molecule has 4 nitrogen and oxygen atoms in total. The number of urea groups is 1. The van der Waals surface area contributed by atoms with E-state index in [-0.39, 0.29) is 4.90 Å². The molecular weight excluding hydrogens is 189 g/mol. The number of carbonyl (C=O) groups excluding carboxylic acids is 2. The van der Waals surface area contributed by atoms with E-state index in [1.807, 2.05) is 0 Å². The fourth-order valence-corrected chi connectivity index (χ4v) is 0.988. The summed E-state index contributed by atoms with van der Waals surface area (Å²) >= 11 is 0. The van der Waals surface area contributed by atoms with Gasteiger partial charge in [-0.05, 0) is 6.92 Å². The van der Waals surface area contributed by atoms with Crippen molar-refractivity contribution in [1.82, 2.24) is 10.2 Å². The van der Waals surface area contributed by atoms with Gasteiger partial charge in [-0.1, -0.05) is 0 Å². The van der Waals surface area contributed by atoms with Crippen LogP contribution in [0.4, 0.5) is 18.0 Å². The Hall–Kier alpha value is -1.27. The molecule has 1 fully saturated rings. The third-order valence-electron chi connectivity index (χ3n) is 1.56. The Morgan fingerprint density at radius 2 is 2.00 bits per heavy atom. The summed E-state index contributed by atoms with van der Waals surface area (Å²) in [6.07, 6.45) is -4.54. The monoisotopic (exact) mass is 196 g/mol. The highest BCUT2D eigenvalue weighted by Gasteiger charge is 2.42. The molecular formula is C6H7F3N2O2. The Labute approximate surface area is 71.7 Å². The molecule has 1 aliphatic rings. The third kappa shape index (κ3) is 2.10. The van der Waals surface area contributed by atoms with Crippen molar-refractivity contribution in [3.05, 3.63) is 0 Å². The van der Waals surface area contributed by atoms with Crippen LogP contribution < -0.4 is 5.32 Å². The number of nitrogens with one attached hydrogen (secondary N) is 1. The molecule has 1 saturated heterocycles. The first-order valence-corrected chi connectivity index (χ1v) is 3.50. The molecule has 0 radical (unpaired) electrons. The predicted molar refractivity (Wildman–Crippen MR) is 35.8 cm³/mol. The first kappa shape index (κ1) is 9.82. The maximum Gasteiger partial charge on any atom is 0.406 e. The molecule has 3 amide bonds. The van der Waals surface area contributed by atoms with Gasteiger partial charge in [-0.15, -0.1) is 0 Å². The summed E-state index contributed by atoms with van der Waals surface area (Å²) in [7, 11) is 0. The van der Waals surface area contributed by atoms with Gasteiger partial charge in [0, 0.05) is 0 Å². The Morgan fingerprint density at radius 3 is 2.31 bits per heavy atom. The Morgan fingerprint density at radius 1 is 1.46 bits per heavy atom. The van der Waals surface area contributed by atoms with Crippen molar-refractivity contribution in [2.75, 3.05) is 6.54 Å². The number of alkyl halides is 3. The predicted octanol–water partition coefficient (Wildman–Crippen LogP) is 0.489. The van der Waals surface area contributed by atoms with Crippen molar-refractivity contribution < 1.29 is 22.8 Å². The van der Waals surface area contributed by atoms with Crippen LogP contribution in [0.5, 0.6) is 0 Å². The topological polar surface area (TPSA) is 49.4 Å². The van der Waals surface area contributed by atoms with Crippen LogP contribution in [-0.4, -0.2) is 35.6 Å². The highest BCUT2D eigenvalue weighted by molar-refractivity contribution is 6.03. The quantitative estimate of drug-likeness (QED) is 0.620. The first-order valence-electron chi connectivity index (χ1n) is 3.50. The van der Waals surface area contributed by atoms with E-state index in [1.54, 1.807) is 0 Å². The van der Waals surface area contributed by atoms with Gasteiger partial charge in [0.1, 0.15) is 12.6 Å². The van der Waals surface area contributed by atoms with Gasteiger partial charge in [-0.25, -0.2) is 4.79 Å². The average molecular weight is 196 g/mol. The number of nitrogens with zero attached hydrogens (tertiary/aromatic N) is 1. The lowest BCUT2D eigenvalue weighted by Crippen LogP contribution is -2.39. The van der Waals surface area contributed by atoms with Crippen LogP contribution in [0.15, 0.2) is 0 Å². The number of hydrogen-bond acceptors (Lipinski definition) is 2. The number of hydrogen-bond donors (Lipinski definition) is 1. The average Bonchev–Trinajstić information content (AvgIpc) is 2.14. The van der Waals surface area contributed by atoms with Crippen LogP contribution in [-0.2, 0) is 4.79 Å². The second-order valence-electron chi connectivity index (χ2n) is 2.71. The zero-order chi connectivity index (χ0) is 10.2. The van der Waals surface area contributed by atoms with Gasteiger partial charge in [-0.2, -0.15) is 13.2 Å². The van der Waals surface area contributed by atoms with Crippen LogP contribution >= 0.6 is 0 Å². The Bertz CT molecular complexity index is 251. The number of halogens is 3. The molecule has 0 aliphatic carbocycles. The molecule has 0 saturated carbocycles. The highest BCUT2D eigenvalue weighted by Crippen LogP contribution is 2.19. The van der Waals surface area contributed by atoms with E-state index >= 15 is 0 Å². The molecule has 0 bridgehead atoms. The smallest absolute Gasteiger partial charge is 0.326 e. The van der Waals surface area contributed by atoms with Gasteiger partial charge in [0.05, 0.1) is 0 Å². The number of carbonyl (C=O) groups is 2. The number of rotatable bonds is 1. The zero-order valence-electron chi connectivity index (χ0n) is 6.68. The Balaban J connectivity index is 2.70. The van der Waals surface area contributed by atoms with Crippen molar-refractivity contribution in [3.8, 4) is 0 Å². The summed E-state index contributed by atoms with van der Waals surface area (Å²) in [5, 5.41) is 2.08. The molecule has 0 spiro atoms. The molecule has 74 valence electrons. The van der Waals surface area contributed by atoms with E-state index in [4.69, 9.17) is 0 Å². The lowest BCUT2D eigenvalue weighted by Gasteiger charge is -2.14. The number of amides is 3. The third-order valence-corrected chi connectivity index (χ3v) is 1.56. The molecule has 1 atom stereocenters. The molecule has 0 aromatic heterocycles. The van der Waals surface area contributed by atoms with E-state index in [9.17, 15) is 22.8 Å². The summed E-state index contributed by atoms with van der Waals surface area (Å²) in [6.45, 7) is -0.196. The minimum Gasteiger partial charge on any atom is -0.326 e. The van der Waals surface area contributed by atoms with Crippen molar-refractivity contribution in [3.63, 3.8) is 0 Å². The second-order valence-corrected chi connectivity index (χ2v) is 2.71. The molecule has 1 N–H and O–H groups in total. The van der Waals surface area contributed by atoms with Crippen molar-refractivity contribution in [2.45, 2.75) is 19.1 Å². The fraction of sp³-hybridized carbons (Fsp3) is 0.667. The van der Waals surface area contributed by atoms with Crippen LogP contribution in [0.3, 0.4) is 0 Å². The second kappa shape index (κ2) is 2.90. The lowest BCUT2D eigenvalue weighted by molar-refractivity contribution is -0.152. The maximum atomic E-state index is 11.8. The molecule has 0 aromatic rings. The van der Waals surface area contributed by atoms with Crippen molar-refractivity contribution in [1.29, 1.82) is 0 Å². The summed E-state index contributed by atoms with van der Waals surface area (Å²) in [5.74, 6) is -0.845. The number of imide groups is 1. The van der Waals surface area contributed by atoms with Gasteiger partial charge < -0.3 is 5.32 Å². The van der Waals surface area contributed by atoms with Crippen LogP contribution in [0, 0.1) is 0 Å². The maximum absolute atomic E-state index is 11.8. The SMILES string of the molecule is C[C@@H]1NC(=O)N(CC(F)(F)F)C1=O. The van der Waals surface area contributed by atoms with Gasteiger partial charge in [0.25, 0.3) is 5.91 Å². The van der Waals surface area contributed by atoms with E-state index in [0.29, 0.717) is 0 Å². The minimum absolute atomic E-state index is 0.157.